The van der Waals surface area contributed by atoms with Gasteiger partial charge >= 0.3 is 0 Å². The van der Waals surface area contributed by atoms with E-state index in [2.05, 4.69) is 39.0 Å². The fraction of sp³-hybridized carbons (Fsp3) is 0.200. The van der Waals surface area contributed by atoms with Crippen LogP contribution in [0.4, 0.5) is 0 Å². The Bertz CT molecular complexity index is 1100. The van der Waals surface area contributed by atoms with E-state index in [-0.39, 0.29) is 0 Å². The van der Waals surface area contributed by atoms with Gasteiger partial charge in [-0.2, -0.15) is 0 Å². The third-order valence-electron chi connectivity index (χ3n) is 5.09. The third kappa shape index (κ3) is 5.16. The SMILES string of the molecule is COc1ccccc1-c1nnc(SC[C@@H](O)c2ccccc2)n1CCc1ccccc1. The van der Waals surface area contributed by atoms with Gasteiger partial charge < -0.3 is 14.4 Å². The van der Waals surface area contributed by atoms with Crippen molar-refractivity contribution in [2.75, 3.05) is 12.9 Å². The maximum atomic E-state index is 10.6. The molecule has 0 aliphatic heterocycles. The summed E-state index contributed by atoms with van der Waals surface area (Å²) >= 11 is 1.51. The Balaban J connectivity index is 1.60. The van der Waals surface area contributed by atoms with Crippen LogP contribution in [-0.4, -0.2) is 32.7 Å². The second-order valence-electron chi connectivity index (χ2n) is 7.13. The minimum absolute atomic E-state index is 0.499. The van der Waals surface area contributed by atoms with Gasteiger partial charge in [-0.05, 0) is 29.7 Å². The zero-order valence-electron chi connectivity index (χ0n) is 17.4. The maximum Gasteiger partial charge on any atom is 0.191 e. The number of nitrogens with zero attached hydrogens (tertiary/aromatic N) is 3. The quantitative estimate of drug-likeness (QED) is 0.377. The van der Waals surface area contributed by atoms with Crippen molar-refractivity contribution in [1.82, 2.24) is 14.8 Å². The highest BCUT2D eigenvalue weighted by molar-refractivity contribution is 7.99. The number of aromatic nitrogens is 3. The Morgan fingerprint density at radius 3 is 2.32 bits per heavy atom. The number of thioether (sulfide) groups is 1. The molecule has 3 aromatic carbocycles. The highest BCUT2D eigenvalue weighted by atomic mass is 32.2. The van der Waals surface area contributed by atoms with Crippen LogP contribution in [0.15, 0.2) is 90.1 Å². The highest BCUT2D eigenvalue weighted by Gasteiger charge is 2.19. The van der Waals surface area contributed by atoms with Crippen LogP contribution in [0.2, 0.25) is 0 Å². The molecule has 0 fully saturated rings. The van der Waals surface area contributed by atoms with Gasteiger partial charge in [-0.25, -0.2) is 0 Å². The molecule has 0 unspecified atom stereocenters. The van der Waals surface area contributed by atoms with Crippen molar-refractivity contribution in [2.24, 2.45) is 0 Å². The third-order valence-corrected chi connectivity index (χ3v) is 6.13. The predicted octanol–water partition coefficient (Wildman–Crippen LogP) is 5.02. The fourth-order valence-corrected chi connectivity index (χ4v) is 4.37. The van der Waals surface area contributed by atoms with Crippen molar-refractivity contribution < 1.29 is 9.84 Å². The van der Waals surface area contributed by atoms with E-state index in [1.165, 1.54) is 17.3 Å². The largest absolute Gasteiger partial charge is 0.496 e. The Labute approximate surface area is 186 Å². The monoisotopic (exact) mass is 431 g/mol. The molecule has 1 heterocycles. The Morgan fingerprint density at radius 2 is 1.58 bits per heavy atom. The molecule has 0 radical (unpaired) electrons. The number of para-hydroxylation sites is 1. The van der Waals surface area contributed by atoms with E-state index in [0.29, 0.717) is 5.75 Å². The van der Waals surface area contributed by atoms with Gasteiger partial charge in [0.2, 0.25) is 0 Å². The van der Waals surface area contributed by atoms with Crippen LogP contribution >= 0.6 is 11.8 Å². The second-order valence-corrected chi connectivity index (χ2v) is 8.12. The summed E-state index contributed by atoms with van der Waals surface area (Å²) in [5.74, 6) is 2.03. The Hall–Kier alpha value is -3.09. The molecule has 0 spiro atoms. The van der Waals surface area contributed by atoms with Crippen LogP contribution in [0.5, 0.6) is 5.75 Å². The smallest absolute Gasteiger partial charge is 0.191 e. The number of rotatable bonds is 9. The van der Waals surface area contributed by atoms with Crippen LogP contribution < -0.4 is 4.74 Å². The zero-order valence-corrected chi connectivity index (χ0v) is 18.2. The number of aryl methyl sites for hydroxylation is 1. The summed E-state index contributed by atoms with van der Waals surface area (Å²) in [5, 5.41) is 20.3. The predicted molar refractivity (Wildman–Crippen MR) is 124 cm³/mol. The number of aliphatic hydroxyl groups excluding tert-OH is 1. The first kappa shape index (κ1) is 21.2. The summed E-state index contributed by atoms with van der Waals surface area (Å²) in [7, 11) is 1.66. The average Bonchev–Trinajstić information content (AvgIpc) is 3.24. The lowest BCUT2D eigenvalue weighted by atomic mass is 10.1. The van der Waals surface area contributed by atoms with Crippen LogP contribution in [0, 0.1) is 0 Å². The van der Waals surface area contributed by atoms with E-state index in [1.54, 1.807) is 7.11 Å². The van der Waals surface area contributed by atoms with Gasteiger partial charge in [0.25, 0.3) is 0 Å². The molecular formula is C25H25N3O2S. The average molecular weight is 432 g/mol. The molecule has 5 nitrogen and oxygen atoms in total. The van der Waals surface area contributed by atoms with Crippen molar-refractivity contribution in [1.29, 1.82) is 0 Å². The lowest BCUT2D eigenvalue weighted by Gasteiger charge is -2.14. The number of aliphatic hydroxyl groups is 1. The molecule has 0 bridgehead atoms. The van der Waals surface area contributed by atoms with E-state index >= 15 is 0 Å². The molecule has 6 heteroatoms. The number of hydrogen-bond donors (Lipinski definition) is 1. The minimum atomic E-state index is -0.569. The van der Waals surface area contributed by atoms with Crippen molar-refractivity contribution >= 4 is 11.8 Å². The van der Waals surface area contributed by atoms with Gasteiger partial charge in [0.05, 0.1) is 18.8 Å². The van der Waals surface area contributed by atoms with Crippen LogP contribution in [0.25, 0.3) is 11.4 Å². The summed E-state index contributed by atoms with van der Waals surface area (Å²) in [6.45, 7) is 0.730. The number of benzene rings is 3. The van der Waals surface area contributed by atoms with Crippen LogP contribution in [-0.2, 0) is 13.0 Å². The lowest BCUT2D eigenvalue weighted by molar-refractivity contribution is 0.204. The normalized spacial score (nSPS) is 11.9. The highest BCUT2D eigenvalue weighted by Crippen LogP contribution is 2.32. The van der Waals surface area contributed by atoms with Crippen molar-refractivity contribution in [3.05, 3.63) is 96.1 Å². The fourth-order valence-electron chi connectivity index (χ4n) is 3.44. The van der Waals surface area contributed by atoms with Crippen molar-refractivity contribution in [3.63, 3.8) is 0 Å². The minimum Gasteiger partial charge on any atom is -0.496 e. The second kappa shape index (κ2) is 10.3. The van der Waals surface area contributed by atoms with Crippen LogP contribution in [0.3, 0.4) is 0 Å². The van der Waals surface area contributed by atoms with Gasteiger partial charge in [-0.3, -0.25) is 0 Å². The summed E-state index contributed by atoms with van der Waals surface area (Å²) in [6, 6.07) is 27.9. The zero-order chi connectivity index (χ0) is 21.5. The van der Waals surface area contributed by atoms with Gasteiger partial charge in [0.1, 0.15) is 5.75 Å². The van der Waals surface area contributed by atoms with Crippen molar-refractivity contribution in [3.8, 4) is 17.1 Å². The molecule has 0 aliphatic rings. The van der Waals surface area contributed by atoms with Gasteiger partial charge in [-0.15, -0.1) is 10.2 Å². The van der Waals surface area contributed by atoms with Gasteiger partial charge in [0, 0.05) is 12.3 Å². The molecule has 1 N–H and O–H groups in total. The number of methoxy groups -OCH3 is 1. The standard InChI is InChI=1S/C25H25N3O2S/c1-30-23-15-9-8-14-21(23)24-26-27-25(28(24)17-16-19-10-4-2-5-11-19)31-18-22(29)20-12-6-3-7-13-20/h2-15,22,29H,16-18H2,1H3/t22-/m1/s1. The number of ether oxygens (including phenoxy) is 1. The maximum absolute atomic E-state index is 10.6. The summed E-state index contributed by atoms with van der Waals surface area (Å²) < 4.78 is 7.67. The first-order chi connectivity index (χ1) is 15.3. The van der Waals surface area contributed by atoms with Crippen LogP contribution in [0.1, 0.15) is 17.2 Å². The summed E-state index contributed by atoms with van der Waals surface area (Å²) in [6.07, 6.45) is 0.288. The lowest BCUT2D eigenvalue weighted by Crippen LogP contribution is -2.07. The topological polar surface area (TPSA) is 60.2 Å². The molecule has 4 rings (SSSR count). The Morgan fingerprint density at radius 1 is 0.903 bits per heavy atom. The van der Waals surface area contributed by atoms with E-state index < -0.39 is 6.10 Å². The first-order valence-electron chi connectivity index (χ1n) is 10.2. The first-order valence-corrected chi connectivity index (χ1v) is 11.2. The molecule has 0 aliphatic carbocycles. The molecule has 0 saturated carbocycles. The molecule has 1 aromatic heterocycles. The van der Waals surface area contributed by atoms with E-state index in [0.717, 1.165) is 40.8 Å². The molecule has 1 atom stereocenters. The molecule has 158 valence electrons. The molecule has 31 heavy (non-hydrogen) atoms. The van der Waals surface area contributed by atoms with E-state index in [9.17, 15) is 5.11 Å². The molecular weight excluding hydrogens is 406 g/mol. The van der Waals surface area contributed by atoms with E-state index in [4.69, 9.17) is 4.74 Å². The number of hydrogen-bond acceptors (Lipinski definition) is 5. The van der Waals surface area contributed by atoms with E-state index in [1.807, 2.05) is 60.7 Å². The summed E-state index contributed by atoms with van der Waals surface area (Å²) in [5.41, 5.74) is 3.05. The summed E-state index contributed by atoms with van der Waals surface area (Å²) in [4.78, 5) is 0. The molecule has 0 amide bonds. The molecule has 4 aromatic rings. The van der Waals surface area contributed by atoms with Gasteiger partial charge in [0.15, 0.2) is 11.0 Å². The van der Waals surface area contributed by atoms with Gasteiger partial charge in [-0.1, -0.05) is 84.6 Å². The Kier molecular flexibility index (Phi) is 7.02. The molecule has 0 saturated heterocycles. The van der Waals surface area contributed by atoms with Crippen molar-refractivity contribution in [2.45, 2.75) is 24.2 Å².